The van der Waals surface area contributed by atoms with Crippen LogP contribution in [0.3, 0.4) is 0 Å². The molecule has 1 aromatic heterocycles. The summed E-state index contributed by atoms with van der Waals surface area (Å²) in [5.74, 6) is -0.366. The van der Waals surface area contributed by atoms with Crippen molar-refractivity contribution in [3.8, 4) is 0 Å². The van der Waals surface area contributed by atoms with E-state index in [0.29, 0.717) is 17.2 Å². The highest BCUT2D eigenvalue weighted by Gasteiger charge is 2.24. The largest absolute Gasteiger partial charge is 0.465 e. The molecule has 0 aromatic carbocycles. The van der Waals surface area contributed by atoms with Crippen molar-refractivity contribution in [2.24, 2.45) is 0 Å². The molecular weight excluding hydrogens is 284 g/mol. The van der Waals surface area contributed by atoms with Crippen LogP contribution in [-0.2, 0) is 9.47 Å². The van der Waals surface area contributed by atoms with Gasteiger partial charge in [-0.2, -0.15) is 0 Å². The molecule has 1 saturated heterocycles. The summed E-state index contributed by atoms with van der Waals surface area (Å²) in [5.41, 5.74) is 6.60. The molecule has 0 radical (unpaired) electrons. The Morgan fingerprint density at radius 3 is 2.95 bits per heavy atom. The molecule has 2 rings (SSSR count). The number of nitrogen functional groups attached to an aromatic ring is 1. The highest BCUT2D eigenvalue weighted by Crippen LogP contribution is 2.44. The normalized spacial score (nSPS) is 16.2. The van der Waals surface area contributed by atoms with Gasteiger partial charge in [0.25, 0.3) is 0 Å². The van der Waals surface area contributed by atoms with Gasteiger partial charge in [0, 0.05) is 19.7 Å². The Labute approximate surface area is 121 Å². The zero-order chi connectivity index (χ0) is 13.8. The van der Waals surface area contributed by atoms with Crippen LogP contribution >= 0.6 is 23.1 Å². The van der Waals surface area contributed by atoms with Crippen molar-refractivity contribution in [2.45, 2.75) is 11.3 Å². The molecule has 1 fully saturated rings. The van der Waals surface area contributed by atoms with Gasteiger partial charge < -0.3 is 20.1 Å². The van der Waals surface area contributed by atoms with Crippen molar-refractivity contribution in [1.82, 2.24) is 0 Å². The summed E-state index contributed by atoms with van der Waals surface area (Å²) in [4.78, 5) is 15.4. The van der Waals surface area contributed by atoms with Crippen molar-refractivity contribution in [1.29, 1.82) is 0 Å². The van der Waals surface area contributed by atoms with Crippen LogP contribution in [0.4, 0.5) is 10.7 Å². The van der Waals surface area contributed by atoms with Crippen LogP contribution in [0.1, 0.15) is 16.1 Å². The van der Waals surface area contributed by atoms with Gasteiger partial charge in [0.05, 0.1) is 24.3 Å². The standard InChI is InChI=1S/C12H18N2O3S2/c1-16-12(15)10-8(13)9(18-2)11(19-10)14-4-3-6-17-7-5-14/h3-7,13H2,1-2H3. The third kappa shape index (κ3) is 2.98. The number of ether oxygens (including phenoxy) is 2. The van der Waals surface area contributed by atoms with E-state index in [1.165, 1.54) is 18.4 Å². The number of methoxy groups -OCH3 is 1. The molecular formula is C12H18N2O3S2. The smallest absolute Gasteiger partial charge is 0.350 e. The van der Waals surface area contributed by atoms with E-state index in [-0.39, 0.29) is 5.97 Å². The average Bonchev–Trinajstić information content (AvgIpc) is 2.61. The van der Waals surface area contributed by atoms with Crippen molar-refractivity contribution in [3.05, 3.63) is 4.88 Å². The monoisotopic (exact) mass is 302 g/mol. The number of carbonyl (C=O) groups excluding carboxylic acids is 1. The van der Waals surface area contributed by atoms with E-state index in [1.54, 1.807) is 11.8 Å². The predicted octanol–water partition coefficient (Wildman–Crippen LogP) is 2.07. The zero-order valence-electron chi connectivity index (χ0n) is 11.1. The minimum Gasteiger partial charge on any atom is -0.465 e. The number of thiophene rings is 1. The third-order valence-electron chi connectivity index (χ3n) is 2.97. The van der Waals surface area contributed by atoms with Gasteiger partial charge in [-0.05, 0) is 12.7 Å². The van der Waals surface area contributed by atoms with Gasteiger partial charge in [0.15, 0.2) is 0 Å². The summed E-state index contributed by atoms with van der Waals surface area (Å²) < 4.78 is 10.2. The van der Waals surface area contributed by atoms with E-state index in [1.807, 2.05) is 6.26 Å². The molecule has 0 spiro atoms. The number of rotatable bonds is 3. The van der Waals surface area contributed by atoms with Crippen LogP contribution in [-0.4, -0.2) is 45.6 Å². The van der Waals surface area contributed by atoms with E-state index in [9.17, 15) is 4.79 Å². The zero-order valence-corrected chi connectivity index (χ0v) is 12.7. The fourth-order valence-electron chi connectivity index (χ4n) is 2.02. The second-order valence-corrected chi connectivity index (χ2v) is 5.94. The molecule has 1 aromatic rings. The molecule has 0 atom stereocenters. The number of nitrogens with two attached hydrogens (primary N) is 1. The van der Waals surface area contributed by atoms with Gasteiger partial charge in [-0.15, -0.1) is 23.1 Å². The molecule has 0 unspecified atom stereocenters. The number of thioether (sulfide) groups is 1. The SMILES string of the molecule is COC(=O)c1sc(N2CCCOCC2)c(SC)c1N. The van der Waals surface area contributed by atoms with Gasteiger partial charge in [0.2, 0.25) is 0 Å². The Morgan fingerprint density at radius 1 is 1.47 bits per heavy atom. The summed E-state index contributed by atoms with van der Waals surface area (Å²) in [6.07, 6.45) is 2.95. The minimum absolute atomic E-state index is 0.366. The van der Waals surface area contributed by atoms with Crippen LogP contribution in [0.25, 0.3) is 0 Å². The Hall–Kier alpha value is -0.920. The molecule has 19 heavy (non-hydrogen) atoms. The fraction of sp³-hybridized carbons (Fsp3) is 0.583. The molecule has 2 heterocycles. The summed E-state index contributed by atoms with van der Waals surface area (Å²) in [6, 6.07) is 0. The Morgan fingerprint density at radius 2 is 2.26 bits per heavy atom. The first-order valence-corrected chi connectivity index (χ1v) is 8.10. The molecule has 0 aliphatic carbocycles. The van der Waals surface area contributed by atoms with Gasteiger partial charge in [-0.3, -0.25) is 0 Å². The maximum atomic E-state index is 11.7. The third-order valence-corrected chi connectivity index (χ3v) is 5.16. The fourth-order valence-corrected chi connectivity index (χ4v) is 4.17. The van der Waals surface area contributed by atoms with Gasteiger partial charge in [0.1, 0.15) is 9.88 Å². The van der Waals surface area contributed by atoms with Crippen molar-refractivity contribution in [3.63, 3.8) is 0 Å². The quantitative estimate of drug-likeness (QED) is 0.681. The highest BCUT2D eigenvalue weighted by atomic mass is 32.2. The van der Waals surface area contributed by atoms with Crippen LogP contribution in [0, 0.1) is 0 Å². The van der Waals surface area contributed by atoms with E-state index < -0.39 is 0 Å². The molecule has 0 amide bonds. The van der Waals surface area contributed by atoms with E-state index in [4.69, 9.17) is 15.2 Å². The van der Waals surface area contributed by atoms with Gasteiger partial charge in [-0.1, -0.05) is 0 Å². The van der Waals surface area contributed by atoms with Gasteiger partial charge >= 0.3 is 5.97 Å². The van der Waals surface area contributed by atoms with E-state index in [0.717, 1.165) is 36.0 Å². The lowest BCUT2D eigenvalue weighted by Gasteiger charge is -2.21. The summed E-state index contributed by atoms with van der Waals surface area (Å²) in [5, 5.41) is 1.05. The lowest BCUT2D eigenvalue weighted by Crippen LogP contribution is -2.25. The summed E-state index contributed by atoms with van der Waals surface area (Å²) in [7, 11) is 1.37. The number of nitrogens with zero attached hydrogens (tertiary/aromatic N) is 1. The first-order chi connectivity index (χ1) is 9.19. The molecule has 7 heteroatoms. The maximum Gasteiger partial charge on any atom is 0.350 e. The molecule has 1 aliphatic rings. The number of anilines is 2. The molecule has 0 saturated carbocycles. The first-order valence-electron chi connectivity index (χ1n) is 6.06. The number of hydrogen-bond acceptors (Lipinski definition) is 7. The number of hydrogen-bond donors (Lipinski definition) is 1. The number of esters is 1. The van der Waals surface area contributed by atoms with Crippen LogP contribution < -0.4 is 10.6 Å². The first kappa shape index (κ1) is 14.5. The minimum atomic E-state index is -0.366. The summed E-state index contributed by atoms with van der Waals surface area (Å²) in [6.45, 7) is 3.25. The van der Waals surface area contributed by atoms with Crippen molar-refractivity contribution >= 4 is 39.8 Å². The lowest BCUT2D eigenvalue weighted by molar-refractivity contribution is 0.0607. The second-order valence-electron chi connectivity index (χ2n) is 4.13. The molecule has 106 valence electrons. The van der Waals surface area contributed by atoms with Crippen LogP contribution in [0.15, 0.2) is 4.90 Å². The Balaban J connectivity index is 2.35. The van der Waals surface area contributed by atoms with Crippen molar-refractivity contribution in [2.75, 3.05) is 50.3 Å². The van der Waals surface area contributed by atoms with Gasteiger partial charge in [-0.25, -0.2) is 4.79 Å². The lowest BCUT2D eigenvalue weighted by atomic mass is 10.3. The highest BCUT2D eigenvalue weighted by molar-refractivity contribution is 7.99. The Bertz CT molecular complexity index is 454. The maximum absolute atomic E-state index is 11.7. The molecule has 5 nitrogen and oxygen atoms in total. The Kier molecular flexibility index (Phi) is 4.95. The average molecular weight is 302 g/mol. The van der Waals surface area contributed by atoms with Crippen molar-refractivity contribution < 1.29 is 14.3 Å². The topological polar surface area (TPSA) is 64.8 Å². The molecule has 0 bridgehead atoms. The van der Waals surface area contributed by atoms with E-state index >= 15 is 0 Å². The molecule has 2 N–H and O–H groups in total. The molecule has 1 aliphatic heterocycles. The predicted molar refractivity (Wildman–Crippen MR) is 79.5 cm³/mol. The second kappa shape index (κ2) is 6.49. The summed E-state index contributed by atoms with van der Waals surface area (Å²) >= 11 is 2.98. The van der Waals surface area contributed by atoms with Crippen LogP contribution in [0.5, 0.6) is 0 Å². The van der Waals surface area contributed by atoms with Crippen LogP contribution in [0.2, 0.25) is 0 Å². The van der Waals surface area contributed by atoms with E-state index in [2.05, 4.69) is 4.90 Å². The number of carbonyl (C=O) groups is 1.